The minimum absolute atomic E-state index is 0.244. The Kier molecular flexibility index (Phi) is 6.19. The Morgan fingerprint density at radius 3 is 2.58 bits per heavy atom. The van der Waals surface area contributed by atoms with Gasteiger partial charge in [0.2, 0.25) is 0 Å². The first-order valence-electron chi connectivity index (χ1n) is 6.76. The minimum atomic E-state index is -3.48. The van der Waals surface area contributed by atoms with Gasteiger partial charge in [-0.1, -0.05) is 0 Å². The molecule has 1 aliphatic rings. The van der Waals surface area contributed by atoms with Gasteiger partial charge in [-0.05, 0) is 40.2 Å². The highest BCUT2D eigenvalue weighted by atomic mass is 32.2. The predicted octanol–water partition coefficient (Wildman–Crippen LogP) is 0.320. The summed E-state index contributed by atoms with van der Waals surface area (Å²) in [6, 6.07) is 0.244. The molecule has 2 N–H and O–H groups in total. The molecule has 1 saturated heterocycles. The zero-order chi connectivity index (χ0) is 14.5. The van der Waals surface area contributed by atoms with Crippen LogP contribution in [-0.2, 0) is 14.9 Å². The molecule has 19 heavy (non-hydrogen) atoms. The maximum Gasteiger partial charge on any atom is 0.280 e. The third kappa shape index (κ3) is 6.18. The fraction of sp³-hybridized carbons (Fsp3) is 1.00. The highest BCUT2D eigenvalue weighted by Crippen LogP contribution is 2.11. The molecule has 0 saturated carbocycles. The van der Waals surface area contributed by atoms with Crippen LogP contribution in [0, 0.1) is 0 Å². The van der Waals surface area contributed by atoms with Crippen LogP contribution in [-0.4, -0.2) is 57.7 Å². The van der Waals surface area contributed by atoms with E-state index in [0.717, 1.165) is 19.4 Å². The molecule has 1 rings (SSSR count). The Labute approximate surface area is 117 Å². The SMILES string of the molecule is COCCN(CC1CCCN1)S(=O)(=O)NC(C)(C)C. The van der Waals surface area contributed by atoms with Crippen molar-refractivity contribution in [3.05, 3.63) is 0 Å². The normalized spacial score (nSPS) is 21.2. The Morgan fingerprint density at radius 1 is 1.42 bits per heavy atom. The Hall–Kier alpha value is -0.210. The lowest BCUT2D eigenvalue weighted by molar-refractivity contribution is 0.175. The van der Waals surface area contributed by atoms with E-state index in [1.54, 1.807) is 7.11 Å². The van der Waals surface area contributed by atoms with Crippen LogP contribution in [0.1, 0.15) is 33.6 Å². The molecule has 0 amide bonds. The summed E-state index contributed by atoms with van der Waals surface area (Å²) in [5.41, 5.74) is -0.479. The van der Waals surface area contributed by atoms with Gasteiger partial charge in [-0.3, -0.25) is 0 Å². The van der Waals surface area contributed by atoms with Gasteiger partial charge in [0.05, 0.1) is 6.61 Å². The van der Waals surface area contributed by atoms with Gasteiger partial charge in [0.15, 0.2) is 0 Å². The summed E-state index contributed by atoms with van der Waals surface area (Å²) in [5.74, 6) is 0. The molecule has 1 fully saturated rings. The lowest BCUT2D eigenvalue weighted by Gasteiger charge is -2.29. The number of methoxy groups -OCH3 is 1. The van der Waals surface area contributed by atoms with E-state index in [9.17, 15) is 8.42 Å². The Morgan fingerprint density at radius 2 is 2.11 bits per heavy atom. The second kappa shape index (κ2) is 6.99. The molecule has 0 radical (unpaired) electrons. The maximum absolute atomic E-state index is 12.4. The van der Waals surface area contributed by atoms with Crippen LogP contribution in [0.2, 0.25) is 0 Å². The topological polar surface area (TPSA) is 70.7 Å². The van der Waals surface area contributed by atoms with E-state index in [4.69, 9.17) is 4.74 Å². The van der Waals surface area contributed by atoms with Gasteiger partial charge in [-0.2, -0.15) is 17.4 Å². The zero-order valence-electron chi connectivity index (χ0n) is 12.4. The molecule has 0 aliphatic carbocycles. The quantitative estimate of drug-likeness (QED) is 0.709. The van der Waals surface area contributed by atoms with E-state index in [1.165, 1.54) is 4.31 Å². The number of rotatable bonds is 7. The second-order valence-corrected chi connectivity index (χ2v) is 7.67. The van der Waals surface area contributed by atoms with E-state index < -0.39 is 15.7 Å². The third-order valence-corrected chi connectivity index (χ3v) is 4.79. The summed E-state index contributed by atoms with van der Waals surface area (Å²) >= 11 is 0. The third-order valence-electron chi connectivity index (χ3n) is 2.91. The summed E-state index contributed by atoms with van der Waals surface area (Å²) in [6.07, 6.45) is 2.13. The standard InChI is InChI=1S/C12H27N3O3S/c1-12(2,3)14-19(16,17)15(8-9-18-4)10-11-6-5-7-13-11/h11,13-14H,5-10H2,1-4H3. The number of hydrogen-bond acceptors (Lipinski definition) is 4. The molecule has 1 atom stereocenters. The molecular formula is C12H27N3O3S. The molecule has 0 aromatic rings. The van der Waals surface area contributed by atoms with Crippen molar-refractivity contribution in [2.45, 2.75) is 45.2 Å². The first kappa shape index (κ1) is 16.8. The highest BCUT2D eigenvalue weighted by Gasteiger charge is 2.29. The number of nitrogens with one attached hydrogen (secondary N) is 2. The van der Waals surface area contributed by atoms with E-state index in [2.05, 4.69) is 10.0 Å². The summed E-state index contributed by atoms with van der Waals surface area (Å²) in [7, 11) is -1.90. The van der Waals surface area contributed by atoms with Gasteiger partial charge in [0.25, 0.3) is 10.2 Å². The van der Waals surface area contributed by atoms with E-state index in [1.807, 2.05) is 20.8 Å². The van der Waals surface area contributed by atoms with E-state index >= 15 is 0 Å². The molecular weight excluding hydrogens is 266 g/mol. The van der Waals surface area contributed by atoms with Gasteiger partial charge in [0, 0.05) is 31.8 Å². The Balaban J connectivity index is 2.70. The van der Waals surface area contributed by atoms with Crippen LogP contribution < -0.4 is 10.0 Å². The Bertz CT molecular complexity index is 359. The molecule has 0 aromatic heterocycles. The van der Waals surface area contributed by atoms with Crippen LogP contribution in [0.4, 0.5) is 0 Å². The summed E-state index contributed by atoms with van der Waals surface area (Å²) in [6.45, 7) is 7.76. The van der Waals surface area contributed by atoms with Crippen molar-refractivity contribution in [1.82, 2.24) is 14.3 Å². The molecule has 1 aliphatic heterocycles. The van der Waals surface area contributed by atoms with Crippen molar-refractivity contribution in [2.24, 2.45) is 0 Å². The van der Waals surface area contributed by atoms with Gasteiger partial charge < -0.3 is 10.1 Å². The van der Waals surface area contributed by atoms with Crippen molar-refractivity contribution in [3.63, 3.8) is 0 Å². The largest absolute Gasteiger partial charge is 0.383 e. The zero-order valence-corrected chi connectivity index (χ0v) is 13.2. The maximum atomic E-state index is 12.4. The van der Waals surface area contributed by atoms with Crippen molar-refractivity contribution in [1.29, 1.82) is 0 Å². The van der Waals surface area contributed by atoms with Gasteiger partial charge in [0.1, 0.15) is 0 Å². The van der Waals surface area contributed by atoms with Crippen LogP contribution in [0.15, 0.2) is 0 Å². The lowest BCUT2D eigenvalue weighted by Crippen LogP contribution is -2.52. The number of nitrogens with zero attached hydrogens (tertiary/aromatic N) is 1. The average molecular weight is 293 g/mol. The first-order valence-corrected chi connectivity index (χ1v) is 8.20. The van der Waals surface area contributed by atoms with Crippen molar-refractivity contribution >= 4 is 10.2 Å². The lowest BCUT2D eigenvalue weighted by atomic mass is 10.1. The summed E-state index contributed by atoms with van der Waals surface area (Å²) < 4.78 is 33.9. The number of ether oxygens (including phenoxy) is 1. The summed E-state index contributed by atoms with van der Waals surface area (Å²) in [5, 5.41) is 3.32. The molecule has 6 nitrogen and oxygen atoms in total. The minimum Gasteiger partial charge on any atom is -0.383 e. The highest BCUT2D eigenvalue weighted by molar-refractivity contribution is 7.87. The van der Waals surface area contributed by atoms with Crippen LogP contribution in [0.5, 0.6) is 0 Å². The van der Waals surface area contributed by atoms with Crippen molar-refractivity contribution in [2.75, 3.05) is 33.4 Å². The van der Waals surface area contributed by atoms with E-state index in [0.29, 0.717) is 19.7 Å². The molecule has 1 unspecified atom stereocenters. The van der Waals surface area contributed by atoms with Crippen LogP contribution in [0.25, 0.3) is 0 Å². The van der Waals surface area contributed by atoms with Crippen molar-refractivity contribution in [3.8, 4) is 0 Å². The molecule has 0 aromatic carbocycles. The fourth-order valence-electron chi connectivity index (χ4n) is 2.11. The smallest absolute Gasteiger partial charge is 0.280 e. The average Bonchev–Trinajstić information content (AvgIpc) is 2.73. The fourth-order valence-corrected chi connectivity index (χ4v) is 3.71. The predicted molar refractivity (Wildman–Crippen MR) is 76.3 cm³/mol. The molecule has 7 heteroatoms. The van der Waals surface area contributed by atoms with Crippen LogP contribution in [0.3, 0.4) is 0 Å². The number of hydrogen-bond donors (Lipinski definition) is 2. The monoisotopic (exact) mass is 293 g/mol. The second-order valence-electron chi connectivity index (χ2n) is 6.00. The van der Waals surface area contributed by atoms with Gasteiger partial charge >= 0.3 is 0 Å². The van der Waals surface area contributed by atoms with Gasteiger partial charge in [-0.15, -0.1) is 0 Å². The van der Waals surface area contributed by atoms with Crippen molar-refractivity contribution < 1.29 is 13.2 Å². The molecule has 114 valence electrons. The van der Waals surface area contributed by atoms with E-state index in [-0.39, 0.29) is 6.04 Å². The first-order chi connectivity index (χ1) is 8.74. The summed E-state index contributed by atoms with van der Waals surface area (Å²) in [4.78, 5) is 0. The molecule has 1 heterocycles. The molecule has 0 bridgehead atoms. The van der Waals surface area contributed by atoms with Gasteiger partial charge in [-0.25, -0.2) is 0 Å². The van der Waals surface area contributed by atoms with Crippen LogP contribution >= 0.6 is 0 Å². The molecule has 0 spiro atoms.